The number of benzene rings is 1. The molecule has 1 amide bonds. The number of fused-ring (bicyclic) bond motifs is 1. The van der Waals surface area contributed by atoms with Crippen LogP contribution in [0.5, 0.6) is 0 Å². The summed E-state index contributed by atoms with van der Waals surface area (Å²) in [6.45, 7) is 4.13. The molecule has 1 N–H and O–H groups in total. The number of nitrogens with one attached hydrogen (secondary N) is 1. The van der Waals surface area contributed by atoms with Gasteiger partial charge in [0.1, 0.15) is 5.82 Å². The lowest BCUT2D eigenvalue weighted by atomic mass is 10.1. The first-order chi connectivity index (χ1) is 13.1. The molecule has 0 unspecified atom stereocenters. The molecule has 0 fully saturated rings. The molecule has 0 aliphatic carbocycles. The normalized spacial score (nSPS) is 13.3. The number of rotatable bonds is 4. The Kier molecular flexibility index (Phi) is 4.53. The van der Waals surface area contributed by atoms with E-state index in [4.69, 9.17) is 0 Å². The van der Waals surface area contributed by atoms with Crippen LogP contribution in [0, 0.1) is 5.82 Å². The number of carbonyl (C=O) groups is 1. The lowest BCUT2D eigenvalue weighted by Gasteiger charge is -2.28. The van der Waals surface area contributed by atoms with Crippen LogP contribution in [0.2, 0.25) is 0 Å². The van der Waals surface area contributed by atoms with Gasteiger partial charge in [0.2, 0.25) is 5.91 Å². The smallest absolute Gasteiger partial charge is 0.217 e. The first kappa shape index (κ1) is 17.1. The Bertz CT molecular complexity index is 951. The number of amides is 1. The van der Waals surface area contributed by atoms with Gasteiger partial charge in [0.15, 0.2) is 5.82 Å². The first-order valence-electron chi connectivity index (χ1n) is 8.73. The largest absolute Gasteiger partial charge is 0.351 e. The monoisotopic (exact) mass is 366 g/mol. The summed E-state index contributed by atoms with van der Waals surface area (Å²) in [4.78, 5) is 13.2. The third kappa shape index (κ3) is 3.79. The number of carbonyl (C=O) groups excluding carboxylic acids is 1. The minimum absolute atomic E-state index is 0.0703. The van der Waals surface area contributed by atoms with Gasteiger partial charge < -0.3 is 10.2 Å². The van der Waals surface area contributed by atoms with E-state index in [0.717, 1.165) is 35.9 Å². The van der Waals surface area contributed by atoms with E-state index in [0.29, 0.717) is 18.8 Å². The Morgan fingerprint density at radius 3 is 2.67 bits per heavy atom. The summed E-state index contributed by atoms with van der Waals surface area (Å²) in [5, 5.41) is 15.9. The van der Waals surface area contributed by atoms with Crippen molar-refractivity contribution in [3.63, 3.8) is 0 Å². The molecule has 1 aliphatic rings. The van der Waals surface area contributed by atoms with E-state index in [1.165, 1.54) is 19.1 Å². The molecule has 1 aliphatic heterocycles. The lowest BCUT2D eigenvalue weighted by molar-refractivity contribution is -0.119. The Hall–Kier alpha value is -3.29. The fraction of sp³-hybridized carbons (Fsp3) is 0.263. The minimum Gasteiger partial charge on any atom is -0.351 e. The summed E-state index contributed by atoms with van der Waals surface area (Å²) in [6.07, 6.45) is 0. The average Bonchev–Trinajstić information content (AvgIpc) is 3.09. The van der Waals surface area contributed by atoms with Gasteiger partial charge in [-0.15, -0.1) is 10.2 Å². The zero-order chi connectivity index (χ0) is 18.8. The lowest BCUT2D eigenvalue weighted by Crippen LogP contribution is -2.34. The predicted molar refractivity (Wildman–Crippen MR) is 98.2 cm³/mol. The molecule has 0 radical (unpaired) electrons. The van der Waals surface area contributed by atoms with Crippen molar-refractivity contribution in [3.05, 3.63) is 59.7 Å². The van der Waals surface area contributed by atoms with E-state index in [9.17, 15) is 9.18 Å². The highest BCUT2D eigenvalue weighted by molar-refractivity contribution is 5.72. The van der Waals surface area contributed by atoms with Gasteiger partial charge in [-0.05, 0) is 42.5 Å². The number of hydrogen-bond donors (Lipinski definition) is 1. The van der Waals surface area contributed by atoms with Crippen molar-refractivity contribution in [1.29, 1.82) is 0 Å². The van der Waals surface area contributed by atoms with Crippen LogP contribution in [0.15, 0.2) is 42.5 Å². The van der Waals surface area contributed by atoms with Crippen LogP contribution >= 0.6 is 0 Å². The summed E-state index contributed by atoms with van der Waals surface area (Å²) >= 11 is 0. The second-order valence-corrected chi connectivity index (χ2v) is 6.47. The van der Waals surface area contributed by atoms with Crippen LogP contribution in [0.25, 0.3) is 11.3 Å². The number of anilines is 1. The molecule has 2 aromatic heterocycles. The van der Waals surface area contributed by atoms with Crippen molar-refractivity contribution in [3.8, 4) is 11.3 Å². The molecule has 8 heteroatoms. The van der Waals surface area contributed by atoms with E-state index in [1.54, 1.807) is 12.1 Å². The highest BCUT2D eigenvalue weighted by Crippen LogP contribution is 2.22. The molecular weight excluding hydrogens is 347 g/mol. The average molecular weight is 366 g/mol. The van der Waals surface area contributed by atoms with Gasteiger partial charge in [-0.3, -0.25) is 9.48 Å². The van der Waals surface area contributed by atoms with Crippen LogP contribution in [0.3, 0.4) is 0 Å². The van der Waals surface area contributed by atoms with E-state index >= 15 is 0 Å². The molecule has 0 atom stereocenters. The molecular formula is C19H19FN6O. The Morgan fingerprint density at radius 1 is 1.15 bits per heavy atom. The number of aromatic nitrogens is 4. The van der Waals surface area contributed by atoms with Crippen molar-refractivity contribution < 1.29 is 9.18 Å². The van der Waals surface area contributed by atoms with Crippen LogP contribution in [0.1, 0.15) is 18.3 Å². The highest BCUT2D eigenvalue weighted by atomic mass is 19.1. The molecule has 0 bridgehead atoms. The topological polar surface area (TPSA) is 75.9 Å². The number of nitrogens with zero attached hydrogens (tertiary/aromatic N) is 5. The molecule has 7 nitrogen and oxygen atoms in total. The third-order valence-electron chi connectivity index (χ3n) is 4.48. The molecule has 0 saturated carbocycles. The zero-order valence-electron chi connectivity index (χ0n) is 14.9. The highest BCUT2D eigenvalue weighted by Gasteiger charge is 2.20. The van der Waals surface area contributed by atoms with Crippen molar-refractivity contribution in [2.75, 3.05) is 11.4 Å². The Balaban J connectivity index is 1.47. The van der Waals surface area contributed by atoms with Crippen molar-refractivity contribution in [1.82, 2.24) is 25.3 Å². The molecule has 3 aromatic rings. The van der Waals surface area contributed by atoms with Gasteiger partial charge >= 0.3 is 0 Å². The van der Waals surface area contributed by atoms with Gasteiger partial charge in [0.05, 0.1) is 36.7 Å². The fourth-order valence-electron chi connectivity index (χ4n) is 3.09. The number of halogens is 1. The van der Waals surface area contributed by atoms with Crippen LogP contribution in [-0.4, -0.2) is 32.4 Å². The number of hydrogen-bond acceptors (Lipinski definition) is 5. The molecule has 1 aromatic carbocycles. The zero-order valence-corrected chi connectivity index (χ0v) is 14.9. The molecule has 4 rings (SSSR count). The maximum atomic E-state index is 13.0. The molecule has 0 saturated heterocycles. The summed E-state index contributed by atoms with van der Waals surface area (Å²) in [7, 11) is 0. The second-order valence-electron chi connectivity index (χ2n) is 6.47. The Labute approximate surface area is 155 Å². The van der Waals surface area contributed by atoms with Gasteiger partial charge in [-0.2, -0.15) is 5.10 Å². The minimum atomic E-state index is -0.272. The van der Waals surface area contributed by atoms with E-state index < -0.39 is 0 Å². The van der Waals surface area contributed by atoms with Crippen LogP contribution in [-0.2, 0) is 24.4 Å². The quantitative estimate of drug-likeness (QED) is 0.766. The summed E-state index contributed by atoms with van der Waals surface area (Å²) < 4.78 is 15.0. The van der Waals surface area contributed by atoms with Gasteiger partial charge in [-0.25, -0.2) is 4.39 Å². The SMILES string of the molecule is CC(=O)NCc1cc2n(n1)CCN(c1ccc(-c3ccc(F)cc3)nn1)C2. The van der Waals surface area contributed by atoms with Gasteiger partial charge in [-0.1, -0.05) is 0 Å². The fourth-order valence-corrected chi connectivity index (χ4v) is 3.09. The molecule has 3 heterocycles. The molecule has 138 valence electrons. The predicted octanol–water partition coefficient (Wildman–Crippen LogP) is 2.14. The van der Waals surface area contributed by atoms with E-state index in [1.807, 2.05) is 22.9 Å². The van der Waals surface area contributed by atoms with Crippen molar-refractivity contribution in [2.45, 2.75) is 26.6 Å². The van der Waals surface area contributed by atoms with Crippen LogP contribution in [0.4, 0.5) is 10.2 Å². The van der Waals surface area contributed by atoms with Crippen molar-refractivity contribution in [2.24, 2.45) is 0 Å². The molecule has 27 heavy (non-hydrogen) atoms. The third-order valence-corrected chi connectivity index (χ3v) is 4.48. The van der Waals surface area contributed by atoms with Crippen LogP contribution < -0.4 is 10.2 Å². The first-order valence-corrected chi connectivity index (χ1v) is 8.73. The van der Waals surface area contributed by atoms with Crippen molar-refractivity contribution >= 4 is 11.7 Å². The summed E-state index contributed by atoms with van der Waals surface area (Å²) in [5.74, 6) is 0.446. The van der Waals surface area contributed by atoms with Gasteiger partial charge in [0.25, 0.3) is 0 Å². The van der Waals surface area contributed by atoms with Gasteiger partial charge in [0, 0.05) is 19.0 Å². The Morgan fingerprint density at radius 2 is 1.96 bits per heavy atom. The standard InChI is InChI=1S/C19H19FN6O/c1-13(27)21-11-16-10-17-12-25(8-9-26(17)24-16)19-7-6-18(22-23-19)14-2-4-15(20)5-3-14/h2-7,10H,8-9,11-12H2,1H3,(H,21,27). The second kappa shape index (κ2) is 7.14. The summed E-state index contributed by atoms with van der Waals surface area (Å²) in [5.41, 5.74) is 3.46. The molecule has 0 spiro atoms. The summed E-state index contributed by atoms with van der Waals surface area (Å²) in [6, 6.07) is 12.0. The maximum absolute atomic E-state index is 13.0. The van der Waals surface area contributed by atoms with E-state index in [2.05, 4.69) is 25.5 Å². The maximum Gasteiger partial charge on any atom is 0.217 e. The van der Waals surface area contributed by atoms with E-state index in [-0.39, 0.29) is 11.7 Å².